The standard InChI is InChI=1S/C15H18N2O2S/c1-3-13-6-8-15(9-7-13)20(18,19)17-12(2)14-5-4-10-16-11-14/h4-12,17H,3H2,1-2H3. The second kappa shape index (κ2) is 6.15. The van der Waals surface area contributed by atoms with Gasteiger partial charge in [-0.3, -0.25) is 4.98 Å². The predicted octanol–water partition coefficient (Wildman–Crippen LogP) is 2.68. The second-order valence-corrected chi connectivity index (χ2v) is 6.34. The number of hydrogen-bond donors (Lipinski definition) is 1. The van der Waals surface area contributed by atoms with E-state index < -0.39 is 10.0 Å². The van der Waals surface area contributed by atoms with Crippen LogP contribution in [0, 0.1) is 0 Å². The Morgan fingerprint density at radius 1 is 1.20 bits per heavy atom. The van der Waals surface area contributed by atoms with E-state index in [1.54, 1.807) is 37.5 Å². The summed E-state index contributed by atoms with van der Waals surface area (Å²) < 4.78 is 27.2. The molecule has 2 rings (SSSR count). The van der Waals surface area contributed by atoms with Gasteiger partial charge in [0.05, 0.1) is 4.90 Å². The first-order valence-corrected chi connectivity index (χ1v) is 8.02. The van der Waals surface area contributed by atoms with E-state index in [4.69, 9.17) is 0 Å². The van der Waals surface area contributed by atoms with Crippen LogP contribution in [0.3, 0.4) is 0 Å². The van der Waals surface area contributed by atoms with Crippen molar-refractivity contribution in [2.24, 2.45) is 0 Å². The lowest BCUT2D eigenvalue weighted by Gasteiger charge is -2.14. The van der Waals surface area contributed by atoms with E-state index >= 15 is 0 Å². The summed E-state index contributed by atoms with van der Waals surface area (Å²) in [5.41, 5.74) is 1.95. The van der Waals surface area contributed by atoms with Crippen LogP contribution in [-0.4, -0.2) is 13.4 Å². The maximum atomic E-state index is 12.3. The Kier molecular flexibility index (Phi) is 4.52. The Morgan fingerprint density at radius 3 is 2.45 bits per heavy atom. The summed E-state index contributed by atoms with van der Waals surface area (Å²) in [5, 5.41) is 0. The van der Waals surface area contributed by atoms with Gasteiger partial charge in [-0.05, 0) is 42.7 Å². The highest BCUT2D eigenvalue weighted by Gasteiger charge is 2.18. The van der Waals surface area contributed by atoms with Crippen molar-refractivity contribution in [1.82, 2.24) is 9.71 Å². The zero-order valence-electron chi connectivity index (χ0n) is 11.6. The van der Waals surface area contributed by atoms with Crippen LogP contribution in [-0.2, 0) is 16.4 Å². The zero-order chi connectivity index (χ0) is 14.6. The predicted molar refractivity (Wildman–Crippen MR) is 78.8 cm³/mol. The van der Waals surface area contributed by atoms with Crippen molar-refractivity contribution in [3.05, 3.63) is 59.9 Å². The van der Waals surface area contributed by atoms with Crippen molar-refractivity contribution in [3.8, 4) is 0 Å². The summed E-state index contributed by atoms with van der Waals surface area (Å²) in [5.74, 6) is 0. The van der Waals surface area contributed by atoms with Crippen LogP contribution in [0.5, 0.6) is 0 Å². The monoisotopic (exact) mass is 290 g/mol. The van der Waals surface area contributed by atoms with Crippen LogP contribution in [0.2, 0.25) is 0 Å². The fourth-order valence-electron chi connectivity index (χ4n) is 1.91. The van der Waals surface area contributed by atoms with Gasteiger partial charge in [0.1, 0.15) is 0 Å². The van der Waals surface area contributed by atoms with Crippen LogP contribution >= 0.6 is 0 Å². The third-order valence-electron chi connectivity index (χ3n) is 3.16. The highest BCUT2D eigenvalue weighted by atomic mass is 32.2. The van der Waals surface area contributed by atoms with Gasteiger partial charge >= 0.3 is 0 Å². The first kappa shape index (κ1) is 14.7. The number of nitrogens with zero attached hydrogens (tertiary/aromatic N) is 1. The molecule has 0 saturated heterocycles. The van der Waals surface area contributed by atoms with Crippen LogP contribution in [0.25, 0.3) is 0 Å². The second-order valence-electron chi connectivity index (χ2n) is 4.63. The molecule has 0 amide bonds. The number of pyridine rings is 1. The van der Waals surface area contributed by atoms with Gasteiger partial charge in [-0.15, -0.1) is 0 Å². The Bertz CT molecular complexity index is 652. The molecule has 0 bridgehead atoms. The van der Waals surface area contributed by atoms with Crippen LogP contribution in [0.4, 0.5) is 0 Å². The molecule has 5 heteroatoms. The molecule has 0 aliphatic heterocycles. The van der Waals surface area contributed by atoms with Crippen LogP contribution in [0.1, 0.15) is 31.0 Å². The lowest BCUT2D eigenvalue weighted by Crippen LogP contribution is -2.26. The van der Waals surface area contributed by atoms with Gasteiger partial charge in [-0.2, -0.15) is 0 Å². The first-order valence-electron chi connectivity index (χ1n) is 6.54. The first-order chi connectivity index (χ1) is 9.53. The van der Waals surface area contributed by atoms with Crippen molar-refractivity contribution in [1.29, 1.82) is 0 Å². The number of rotatable bonds is 5. The highest BCUT2D eigenvalue weighted by molar-refractivity contribution is 7.89. The summed E-state index contributed by atoms with van der Waals surface area (Å²) in [4.78, 5) is 4.28. The summed E-state index contributed by atoms with van der Waals surface area (Å²) in [7, 11) is -3.51. The maximum Gasteiger partial charge on any atom is 0.241 e. The normalized spacial score (nSPS) is 13.1. The number of aryl methyl sites for hydroxylation is 1. The smallest absolute Gasteiger partial charge is 0.241 e. The number of sulfonamides is 1. The van der Waals surface area contributed by atoms with Gasteiger partial charge < -0.3 is 0 Å². The molecule has 0 aliphatic rings. The molecular weight excluding hydrogens is 272 g/mol. The molecule has 1 atom stereocenters. The van der Waals surface area contributed by atoms with E-state index in [0.717, 1.165) is 17.5 Å². The minimum absolute atomic E-state index is 0.283. The number of benzene rings is 1. The lowest BCUT2D eigenvalue weighted by molar-refractivity contribution is 0.566. The van der Waals surface area contributed by atoms with Crippen molar-refractivity contribution >= 4 is 10.0 Å². The van der Waals surface area contributed by atoms with Crippen molar-refractivity contribution in [2.75, 3.05) is 0 Å². The average Bonchev–Trinajstić information content (AvgIpc) is 2.48. The molecule has 2 aromatic rings. The summed E-state index contributed by atoms with van der Waals surface area (Å²) in [6.07, 6.45) is 4.21. The molecule has 20 heavy (non-hydrogen) atoms. The molecule has 1 aromatic carbocycles. The average molecular weight is 290 g/mol. The molecule has 0 aliphatic carbocycles. The molecule has 1 aromatic heterocycles. The molecule has 0 spiro atoms. The largest absolute Gasteiger partial charge is 0.264 e. The van der Waals surface area contributed by atoms with Gasteiger partial charge in [-0.1, -0.05) is 25.1 Å². The van der Waals surface area contributed by atoms with E-state index in [-0.39, 0.29) is 10.9 Å². The molecule has 4 nitrogen and oxygen atoms in total. The molecule has 0 fully saturated rings. The van der Waals surface area contributed by atoms with E-state index in [9.17, 15) is 8.42 Å². The summed E-state index contributed by atoms with van der Waals surface area (Å²) in [6, 6.07) is 10.3. The quantitative estimate of drug-likeness (QED) is 0.921. The highest BCUT2D eigenvalue weighted by Crippen LogP contribution is 2.16. The van der Waals surface area contributed by atoms with Gasteiger partial charge in [-0.25, -0.2) is 13.1 Å². The SMILES string of the molecule is CCc1ccc(S(=O)(=O)NC(C)c2cccnc2)cc1. The maximum absolute atomic E-state index is 12.3. The molecule has 1 unspecified atom stereocenters. The molecule has 1 heterocycles. The Hall–Kier alpha value is -1.72. The zero-order valence-corrected chi connectivity index (χ0v) is 12.4. The molecular formula is C15H18N2O2S. The topological polar surface area (TPSA) is 59.1 Å². The lowest BCUT2D eigenvalue weighted by atomic mass is 10.2. The third-order valence-corrected chi connectivity index (χ3v) is 4.71. The minimum Gasteiger partial charge on any atom is -0.264 e. The van der Waals surface area contributed by atoms with E-state index in [2.05, 4.69) is 9.71 Å². The van der Waals surface area contributed by atoms with E-state index in [1.807, 2.05) is 25.1 Å². The number of aromatic nitrogens is 1. The van der Waals surface area contributed by atoms with E-state index in [0.29, 0.717) is 0 Å². The summed E-state index contributed by atoms with van der Waals surface area (Å²) in [6.45, 7) is 3.83. The fraction of sp³-hybridized carbons (Fsp3) is 0.267. The molecule has 106 valence electrons. The van der Waals surface area contributed by atoms with Crippen LogP contribution < -0.4 is 4.72 Å². The number of nitrogens with one attached hydrogen (secondary N) is 1. The fourth-order valence-corrected chi connectivity index (χ4v) is 3.14. The van der Waals surface area contributed by atoms with Gasteiger partial charge in [0, 0.05) is 18.4 Å². The van der Waals surface area contributed by atoms with Crippen LogP contribution in [0.15, 0.2) is 53.7 Å². The van der Waals surface area contributed by atoms with Gasteiger partial charge in [0.15, 0.2) is 0 Å². The Morgan fingerprint density at radius 2 is 1.90 bits per heavy atom. The van der Waals surface area contributed by atoms with Gasteiger partial charge in [0.2, 0.25) is 10.0 Å². The van der Waals surface area contributed by atoms with Gasteiger partial charge in [0.25, 0.3) is 0 Å². The summed E-state index contributed by atoms with van der Waals surface area (Å²) >= 11 is 0. The van der Waals surface area contributed by atoms with E-state index in [1.165, 1.54) is 0 Å². The minimum atomic E-state index is -3.51. The van der Waals surface area contributed by atoms with Crippen molar-refractivity contribution in [2.45, 2.75) is 31.2 Å². The molecule has 0 saturated carbocycles. The molecule has 0 radical (unpaired) electrons. The van der Waals surface area contributed by atoms with Crippen molar-refractivity contribution in [3.63, 3.8) is 0 Å². The molecule has 1 N–H and O–H groups in total. The Balaban J connectivity index is 2.18. The number of hydrogen-bond acceptors (Lipinski definition) is 3. The third kappa shape index (κ3) is 3.43. The Labute approximate surface area is 119 Å². The van der Waals surface area contributed by atoms with Crippen molar-refractivity contribution < 1.29 is 8.42 Å².